The first kappa shape index (κ1) is 33.9. The molecule has 0 aromatic heterocycles. The standard InChI is InChI=1S/C35H42F4O4/c1-3-5-7-9-10-12-20-41-33-18-14-25(21-31(33)38)29-17-16-28(23-30(29)37)43-35(40)26-15-19-34(32(39)22-26)42-24-27(36)13-11-8-6-4-2/h14-19,21-23,27H,3-13,20,24H2,1-2H3. The van der Waals surface area contributed by atoms with Gasteiger partial charge in [0, 0.05) is 11.6 Å². The maximum atomic E-state index is 14.9. The predicted molar refractivity (Wildman–Crippen MR) is 161 cm³/mol. The van der Waals surface area contributed by atoms with Crippen molar-refractivity contribution in [3.05, 3.63) is 77.6 Å². The Morgan fingerprint density at radius 2 is 1.35 bits per heavy atom. The largest absolute Gasteiger partial charge is 0.491 e. The Labute approximate surface area is 252 Å². The van der Waals surface area contributed by atoms with Crippen LogP contribution in [0.3, 0.4) is 0 Å². The number of halogens is 4. The van der Waals surface area contributed by atoms with E-state index in [1.165, 1.54) is 55.7 Å². The van der Waals surface area contributed by atoms with Crippen LogP contribution in [0.25, 0.3) is 11.1 Å². The quantitative estimate of drug-likeness (QED) is 0.0593. The van der Waals surface area contributed by atoms with Crippen LogP contribution in [-0.4, -0.2) is 25.4 Å². The van der Waals surface area contributed by atoms with Gasteiger partial charge in [0.2, 0.25) is 0 Å². The lowest BCUT2D eigenvalue weighted by molar-refractivity contribution is 0.0733. The van der Waals surface area contributed by atoms with Gasteiger partial charge in [-0.2, -0.15) is 0 Å². The van der Waals surface area contributed by atoms with E-state index in [1.54, 1.807) is 6.07 Å². The number of ether oxygens (including phenoxy) is 3. The van der Waals surface area contributed by atoms with Gasteiger partial charge in [-0.1, -0.05) is 77.7 Å². The number of carbonyl (C=O) groups excluding carboxylic acids is 1. The van der Waals surface area contributed by atoms with E-state index in [-0.39, 0.29) is 35.0 Å². The SMILES string of the molecule is CCCCCCCCOc1ccc(-c2ccc(OC(=O)c3ccc(OCC(F)CCCCCC)c(F)c3)cc2F)cc1F. The maximum Gasteiger partial charge on any atom is 0.343 e. The van der Waals surface area contributed by atoms with E-state index in [0.717, 1.165) is 57.1 Å². The summed E-state index contributed by atoms with van der Waals surface area (Å²) in [6.07, 6.45) is 9.47. The molecule has 234 valence electrons. The highest BCUT2D eigenvalue weighted by Crippen LogP contribution is 2.30. The van der Waals surface area contributed by atoms with Gasteiger partial charge in [0.15, 0.2) is 23.1 Å². The van der Waals surface area contributed by atoms with Crippen LogP contribution in [0, 0.1) is 17.5 Å². The van der Waals surface area contributed by atoms with Crippen LogP contribution in [0.15, 0.2) is 54.6 Å². The van der Waals surface area contributed by atoms with E-state index < -0.39 is 29.6 Å². The summed E-state index contributed by atoms with van der Waals surface area (Å²) >= 11 is 0. The van der Waals surface area contributed by atoms with Crippen LogP contribution in [-0.2, 0) is 0 Å². The molecule has 0 amide bonds. The average molecular weight is 603 g/mol. The molecule has 0 saturated carbocycles. The summed E-state index contributed by atoms with van der Waals surface area (Å²) < 4.78 is 74.1. The summed E-state index contributed by atoms with van der Waals surface area (Å²) in [7, 11) is 0. The third-order valence-electron chi connectivity index (χ3n) is 7.11. The van der Waals surface area contributed by atoms with Crippen molar-refractivity contribution in [2.75, 3.05) is 13.2 Å². The molecular formula is C35H42F4O4. The molecule has 0 radical (unpaired) electrons. The predicted octanol–water partition coefficient (Wildman–Crippen LogP) is 10.4. The van der Waals surface area contributed by atoms with Gasteiger partial charge in [-0.25, -0.2) is 22.4 Å². The van der Waals surface area contributed by atoms with E-state index in [1.807, 2.05) is 0 Å². The minimum absolute atomic E-state index is 0.102. The number of hydrogen-bond donors (Lipinski definition) is 0. The van der Waals surface area contributed by atoms with Gasteiger partial charge in [-0.3, -0.25) is 0 Å². The Morgan fingerprint density at radius 3 is 2.05 bits per heavy atom. The lowest BCUT2D eigenvalue weighted by Gasteiger charge is -2.12. The van der Waals surface area contributed by atoms with E-state index in [0.29, 0.717) is 18.6 Å². The molecule has 4 nitrogen and oxygen atoms in total. The number of benzene rings is 3. The van der Waals surface area contributed by atoms with Crippen LogP contribution in [0.4, 0.5) is 17.6 Å². The van der Waals surface area contributed by atoms with Crippen molar-refractivity contribution in [2.24, 2.45) is 0 Å². The van der Waals surface area contributed by atoms with E-state index in [9.17, 15) is 22.4 Å². The topological polar surface area (TPSA) is 44.8 Å². The van der Waals surface area contributed by atoms with Crippen molar-refractivity contribution >= 4 is 5.97 Å². The Balaban J connectivity index is 1.53. The fraction of sp³-hybridized carbons (Fsp3) is 0.457. The van der Waals surface area contributed by atoms with E-state index in [4.69, 9.17) is 14.2 Å². The fourth-order valence-corrected chi connectivity index (χ4v) is 4.61. The number of rotatable bonds is 19. The first-order chi connectivity index (χ1) is 20.8. The van der Waals surface area contributed by atoms with Crippen LogP contribution < -0.4 is 14.2 Å². The number of hydrogen-bond acceptors (Lipinski definition) is 4. The Hall–Kier alpha value is -3.55. The van der Waals surface area contributed by atoms with E-state index >= 15 is 0 Å². The Kier molecular flexibility index (Phi) is 14.4. The molecule has 0 N–H and O–H groups in total. The number of carbonyl (C=O) groups is 1. The first-order valence-electron chi connectivity index (χ1n) is 15.3. The number of alkyl halides is 1. The minimum Gasteiger partial charge on any atom is -0.491 e. The molecule has 0 aliphatic rings. The first-order valence-corrected chi connectivity index (χ1v) is 15.3. The summed E-state index contributed by atoms with van der Waals surface area (Å²) in [4.78, 5) is 12.6. The highest BCUT2D eigenvalue weighted by molar-refractivity contribution is 5.91. The van der Waals surface area contributed by atoms with Crippen molar-refractivity contribution in [3.63, 3.8) is 0 Å². The number of esters is 1. The minimum atomic E-state index is -1.21. The molecule has 0 heterocycles. The van der Waals surface area contributed by atoms with Crippen molar-refractivity contribution < 1.29 is 36.6 Å². The molecule has 3 rings (SSSR count). The van der Waals surface area contributed by atoms with Crippen LogP contribution in [0.5, 0.6) is 17.2 Å². The van der Waals surface area contributed by atoms with Gasteiger partial charge < -0.3 is 14.2 Å². The molecular weight excluding hydrogens is 560 g/mol. The van der Waals surface area contributed by atoms with Crippen molar-refractivity contribution in [1.29, 1.82) is 0 Å². The molecule has 0 bridgehead atoms. The molecule has 0 aliphatic heterocycles. The van der Waals surface area contributed by atoms with Gasteiger partial charge in [0.05, 0.1) is 12.2 Å². The Morgan fingerprint density at radius 1 is 0.698 bits per heavy atom. The molecule has 3 aromatic carbocycles. The molecule has 3 aromatic rings. The lowest BCUT2D eigenvalue weighted by Crippen LogP contribution is -2.14. The summed E-state index contributed by atoms with van der Waals surface area (Å²) in [5.41, 5.74) is 0.295. The third-order valence-corrected chi connectivity index (χ3v) is 7.11. The van der Waals surface area contributed by atoms with Gasteiger partial charge >= 0.3 is 5.97 Å². The summed E-state index contributed by atoms with van der Waals surface area (Å²) in [6, 6.07) is 11.4. The molecule has 1 atom stereocenters. The van der Waals surface area contributed by atoms with Crippen LogP contribution >= 0.6 is 0 Å². The fourth-order valence-electron chi connectivity index (χ4n) is 4.61. The highest BCUT2D eigenvalue weighted by Gasteiger charge is 2.16. The molecule has 43 heavy (non-hydrogen) atoms. The molecule has 0 spiro atoms. The van der Waals surface area contributed by atoms with Crippen LogP contribution in [0.1, 0.15) is 94.8 Å². The van der Waals surface area contributed by atoms with Gasteiger partial charge in [0.1, 0.15) is 24.3 Å². The summed E-state index contributed by atoms with van der Waals surface area (Å²) in [5, 5.41) is 0. The molecule has 1 unspecified atom stereocenters. The van der Waals surface area contributed by atoms with Gasteiger partial charge in [-0.15, -0.1) is 0 Å². The summed E-state index contributed by atoms with van der Waals surface area (Å²) in [6.45, 7) is 4.36. The zero-order valence-electron chi connectivity index (χ0n) is 25.1. The maximum absolute atomic E-state index is 14.9. The zero-order chi connectivity index (χ0) is 31.0. The molecule has 8 heteroatoms. The monoisotopic (exact) mass is 602 g/mol. The lowest BCUT2D eigenvalue weighted by atomic mass is 10.0. The normalized spacial score (nSPS) is 11.8. The van der Waals surface area contributed by atoms with Crippen molar-refractivity contribution in [3.8, 4) is 28.4 Å². The van der Waals surface area contributed by atoms with Crippen molar-refractivity contribution in [2.45, 2.75) is 90.6 Å². The second-order valence-corrected chi connectivity index (χ2v) is 10.7. The molecule has 0 aliphatic carbocycles. The smallest absolute Gasteiger partial charge is 0.343 e. The number of unbranched alkanes of at least 4 members (excludes halogenated alkanes) is 8. The van der Waals surface area contributed by atoms with Crippen molar-refractivity contribution in [1.82, 2.24) is 0 Å². The van der Waals surface area contributed by atoms with Crippen LogP contribution in [0.2, 0.25) is 0 Å². The van der Waals surface area contributed by atoms with E-state index in [2.05, 4.69) is 13.8 Å². The van der Waals surface area contributed by atoms with Gasteiger partial charge in [-0.05, 0) is 60.9 Å². The highest BCUT2D eigenvalue weighted by atomic mass is 19.1. The third kappa shape index (κ3) is 11.2. The van der Waals surface area contributed by atoms with Gasteiger partial charge in [0.25, 0.3) is 0 Å². The average Bonchev–Trinajstić information content (AvgIpc) is 2.99. The molecule has 0 fully saturated rings. The summed E-state index contributed by atoms with van der Waals surface area (Å²) in [5.74, 6) is -3.23. The molecule has 0 saturated heterocycles. The Bertz CT molecular complexity index is 1300. The zero-order valence-corrected chi connectivity index (χ0v) is 25.1. The second-order valence-electron chi connectivity index (χ2n) is 10.7. The second kappa shape index (κ2) is 18.2.